The average molecular weight is 259 g/mol. The number of piperidine rings is 1. The van der Waals surface area contributed by atoms with Crippen LogP contribution in [0.2, 0.25) is 0 Å². The van der Waals surface area contributed by atoms with Crippen LogP contribution in [0.25, 0.3) is 0 Å². The largest absolute Gasteiger partial charge is 0.573 e. The second kappa shape index (κ2) is 5.18. The molecule has 1 fully saturated rings. The van der Waals surface area contributed by atoms with Gasteiger partial charge < -0.3 is 10.1 Å². The minimum atomic E-state index is -4.63. The zero-order valence-corrected chi connectivity index (χ0v) is 10.1. The van der Waals surface area contributed by atoms with Crippen LogP contribution in [-0.2, 0) is 0 Å². The van der Waals surface area contributed by atoms with Crippen LogP contribution in [0.1, 0.15) is 24.8 Å². The molecule has 0 amide bonds. The number of benzene rings is 1. The first-order chi connectivity index (χ1) is 8.46. The molecule has 0 aromatic heterocycles. The molecule has 1 N–H and O–H groups in total. The molecular formula is C13H16F3NO. The minimum Gasteiger partial charge on any atom is -0.406 e. The van der Waals surface area contributed by atoms with Gasteiger partial charge in [0.1, 0.15) is 5.75 Å². The summed E-state index contributed by atoms with van der Waals surface area (Å²) in [6.07, 6.45) is -3.69. The van der Waals surface area contributed by atoms with Crippen LogP contribution >= 0.6 is 0 Å². The maximum atomic E-state index is 12.2. The lowest BCUT2D eigenvalue weighted by molar-refractivity contribution is -0.274. The van der Waals surface area contributed by atoms with Crippen molar-refractivity contribution in [3.63, 3.8) is 0 Å². The van der Waals surface area contributed by atoms with Crippen molar-refractivity contribution in [2.75, 3.05) is 13.1 Å². The lowest BCUT2D eigenvalue weighted by atomic mass is 9.82. The molecule has 2 nitrogen and oxygen atoms in total. The molecule has 1 aromatic rings. The normalized spacial score (nSPS) is 24.9. The van der Waals surface area contributed by atoms with Gasteiger partial charge in [-0.15, -0.1) is 13.2 Å². The minimum absolute atomic E-state index is 0.134. The Hall–Kier alpha value is -1.23. The second-order valence-corrected chi connectivity index (χ2v) is 4.70. The highest BCUT2D eigenvalue weighted by atomic mass is 19.4. The lowest BCUT2D eigenvalue weighted by Crippen LogP contribution is -2.33. The van der Waals surface area contributed by atoms with E-state index in [-0.39, 0.29) is 5.75 Å². The number of alkyl halides is 3. The summed E-state index contributed by atoms with van der Waals surface area (Å²) in [6, 6.07) is 6.32. The summed E-state index contributed by atoms with van der Waals surface area (Å²) in [5.74, 6) is 0.577. The summed E-state index contributed by atoms with van der Waals surface area (Å²) in [7, 11) is 0. The summed E-state index contributed by atoms with van der Waals surface area (Å²) in [6.45, 7) is 3.91. The van der Waals surface area contributed by atoms with E-state index in [1.165, 1.54) is 12.1 Å². The highest BCUT2D eigenvalue weighted by Crippen LogP contribution is 2.33. The van der Waals surface area contributed by atoms with Gasteiger partial charge in [0.15, 0.2) is 0 Å². The van der Waals surface area contributed by atoms with E-state index in [0.29, 0.717) is 11.8 Å². The lowest BCUT2D eigenvalue weighted by Gasteiger charge is -2.30. The first-order valence-corrected chi connectivity index (χ1v) is 6.02. The molecule has 1 aliphatic rings. The molecule has 18 heavy (non-hydrogen) atoms. The van der Waals surface area contributed by atoms with Gasteiger partial charge in [-0.2, -0.15) is 0 Å². The number of nitrogens with one attached hydrogen (secondary N) is 1. The van der Waals surface area contributed by atoms with Gasteiger partial charge in [0, 0.05) is 0 Å². The third kappa shape index (κ3) is 3.38. The molecule has 1 heterocycles. The van der Waals surface area contributed by atoms with Gasteiger partial charge in [0.05, 0.1) is 0 Å². The fraction of sp³-hybridized carbons (Fsp3) is 0.538. The maximum Gasteiger partial charge on any atom is 0.573 e. The molecule has 1 saturated heterocycles. The second-order valence-electron chi connectivity index (χ2n) is 4.70. The Kier molecular flexibility index (Phi) is 3.80. The van der Waals surface area contributed by atoms with Crippen molar-refractivity contribution in [2.45, 2.75) is 25.6 Å². The van der Waals surface area contributed by atoms with E-state index < -0.39 is 6.36 Å². The van der Waals surface area contributed by atoms with Crippen LogP contribution in [0.15, 0.2) is 24.3 Å². The number of ether oxygens (including phenoxy) is 1. The quantitative estimate of drug-likeness (QED) is 0.880. The molecule has 0 spiro atoms. The van der Waals surface area contributed by atoms with E-state index in [1.807, 2.05) is 6.07 Å². The van der Waals surface area contributed by atoms with Gasteiger partial charge in [-0.3, -0.25) is 0 Å². The Morgan fingerprint density at radius 1 is 1.33 bits per heavy atom. The highest BCUT2D eigenvalue weighted by molar-refractivity contribution is 5.31. The number of halogens is 3. The third-order valence-corrected chi connectivity index (χ3v) is 3.31. The fourth-order valence-corrected chi connectivity index (χ4v) is 2.45. The van der Waals surface area contributed by atoms with Crippen LogP contribution in [0.4, 0.5) is 13.2 Å². The van der Waals surface area contributed by atoms with Crippen LogP contribution in [0.5, 0.6) is 5.75 Å². The van der Waals surface area contributed by atoms with Crippen molar-refractivity contribution < 1.29 is 17.9 Å². The Morgan fingerprint density at radius 3 is 2.78 bits per heavy atom. The Bertz CT molecular complexity index is 405. The van der Waals surface area contributed by atoms with Crippen molar-refractivity contribution in [3.05, 3.63) is 29.8 Å². The van der Waals surface area contributed by atoms with E-state index in [2.05, 4.69) is 17.0 Å². The third-order valence-electron chi connectivity index (χ3n) is 3.31. The van der Waals surface area contributed by atoms with Gasteiger partial charge in [-0.05, 0) is 49.0 Å². The van der Waals surface area contributed by atoms with E-state index in [9.17, 15) is 13.2 Å². The summed E-state index contributed by atoms with van der Waals surface area (Å²) in [4.78, 5) is 0. The number of rotatable bonds is 2. The Balaban J connectivity index is 2.16. The van der Waals surface area contributed by atoms with Crippen molar-refractivity contribution in [2.24, 2.45) is 5.92 Å². The standard InChI is InChI=1S/C13H16F3NO/c1-9-8-17-6-5-12(9)10-3-2-4-11(7-10)18-13(14,15)16/h2-4,7,9,12,17H,5-6,8H2,1H3/t9-,12+/m0/s1. The number of hydrogen-bond acceptors (Lipinski definition) is 2. The van der Waals surface area contributed by atoms with Crippen LogP contribution in [-0.4, -0.2) is 19.5 Å². The summed E-state index contributed by atoms with van der Waals surface area (Å²) in [5, 5.41) is 3.28. The Labute approximate surface area is 104 Å². The molecule has 0 unspecified atom stereocenters. The van der Waals surface area contributed by atoms with Crippen LogP contribution in [0, 0.1) is 5.92 Å². The van der Waals surface area contributed by atoms with Gasteiger partial charge in [0.2, 0.25) is 0 Å². The molecule has 2 rings (SSSR count). The van der Waals surface area contributed by atoms with Gasteiger partial charge in [-0.1, -0.05) is 19.1 Å². The number of hydrogen-bond donors (Lipinski definition) is 1. The highest BCUT2D eigenvalue weighted by Gasteiger charge is 2.31. The molecule has 0 radical (unpaired) electrons. The fourth-order valence-electron chi connectivity index (χ4n) is 2.45. The van der Waals surface area contributed by atoms with Crippen molar-refractivity contribution in [3.8, 4) is 5.75 Å². The zero-order chi connectivity index (χ0) is 13.2. The average Bonchev–Trinajstić information content (AvgIpc) is 2.27. The summed E-state index contributed by atoms with van der Waals surface area (Å²) >= 11 is 0. The maximum absolute atomic E-state index is 12.2. The van der Waals surface area contributed by atoms with E-state index >= 15 is 0 Å². The topological polar surface area (TPSA) is 21.3 Å². The molecule has 1 aliphatic heterocycles. The predicted octanol–water partition coefficient (Wildman–Crippen LogP) is 3.30. The van der Waals surface area contributed by atoms with Gasteiger partial charge in [-0.25, -0.2) is 0 Å². The smallest absolute Gasteiger partial charge is 0.406 e. The van der Waals surface area contributed by atoms with Gasteiger partial charge in [0.25, 0.3) is 0 Å². The Morgan fingerprint density at radius 2 is 2.11 bits per heavy atom. The van der Waals surface area contributed by atoms with Crippen LogP contribution < -0.4 is 10.1 Å². The zero-order valence-electron chi connectivity index (χ0n) is 10.1. The van der Waals surface area contributed by atoms with Gasteiger partial charge >= 0.3 is 6.36 Å². The van der Waals surface area contributed by atoms with E-state index in [4.69, 9.17) is 0 Å². The SMILES string of the molecule is C[C@H]1CNCC[C@H]1c1cccc(OC(F)(F)F)c1. The van der Waals surface area contributed by atoms with E-state index in [1.54, 1.807) is 6.07 Å². The predicted molar refractivity (Wildman–Crippen MR) is 62.5 cm³/mol. The molecule has 5 heteroatoms. The molecular weight excluding hydrogens is 243 g/mol. The molecule has 2 atom stereocenters. The molecule has 0 bridgehead atoms. The molecule has 0 aliphatic carbocycles. The molecule has 1 aromatic carbocycles. The summed E-state index contributed by atoms with van der Waals surface area (Å²) < 4.78 is 40.4. The molecule has 100 valence electrons. The summed E-state index contributed by atoms with van der Waals surface area (Å²) in [5.41, 5.74) is 0.922. The van der Waals surface area contributed by atoms with Crippen molar-refractivity contribution in [1.29, 1.82) is 0 Å². The van der Waals surface area contributed by atoms with Crippen molar-refractivity contribution in [1.82, 2.24) is 5.32 Å². The van der Waals surface area contributed by atoms with E-state index in [0.717, 1.165) is 25.1 Å². The first-order valence-electron chi connectivity index (χ1n) is 6.02. The van der Waals surface area contributed by atoms with Crippen molar-refractivity contribution >= 4 is 0 Å². The van der Waals surface area contributed by atoms with Crippen LogP contribution in [0.3, 0.4) is 0 Å². The first kappa shape index (κ1) is 13.2. The monoisotopic (exact) mass is 259 g/mol. The molecule has 0 saturated carbocycles.